The molecule has 0 aromatic carbocycles. The zero-order chi connectivity index (χ0) is 13.0. The van der Waals surface area contributed by atoms with E-state index in [0.717, 1.165) is 12.8 Å². The predicted molar refractivity (Wildman–Crippen MR) is 70.7 cm³/mol. The molecule has 1 rings (SSSR count). The van der Waals surface area contributed by atoms with Gasteiger partial charge < -0.3 is 4.74 Å². The van der Waals surface area contributed by atoms with Gasteiger partial charge in [-0.2, -0.15) is 0 Å². The minimum absolute atomic E-state index is 0.00255. The molecule has 0 amide bonds. The molecule has 1 aliphatic rings. The quantitative estimate of drug-likeness (QED) is 0.693. The van der Waals surface area contributed by atoms with Crippen LogP contribution in [0.3, 0.4) is 0 Å². The van der Waals surface area contributed by atoms with Crippen LogP contribution in [0.2, 0.25) is 0 Å². The van der Waals surface area contributed by atoms with Crippen LogP contribution in [0.4, 0.5) is 0 Å². The van der Waals surface area contributed by atoms with Gasteiger partial charge in [0.15, 0.2) is 0 Å². The molecular weight excluding hydrogens is 212 g/mol. The molecule has 0 radical (unpaired) electrons. The van der Waals surface area contributed by atoms with Crippen LogP contribution < -0.4 is 0 Å². The molecular formula is C15H28O2. The zero-order valence-corrected chi connectivity index (χ0v) is 12.0. The van der Waals surface area contributed by atoms with E-state index in [1.165, 1.54) is 12.8 Å². The van der Waals surface area contributed by atoms with E-state index in [0.29, 0.717) is 17.8 Å². The summed E-state index contributed by atoms with van der Waals surface area (Å²) >= 11 is 0. The first kappa shape index (κ1) is 14.5. The molecule has 0 N–H and O–H groups in total. The average molecular weight is 240 g/mol. The number of ether oxygens (including phenoxy) is 1. The number of hydrogen-bond acceptors (Lipinski definition) is 2. The number of esters is 1. The summed E-state index contributed by atoms with van der Waals surface area (Å²) in [6, 6.07) is 0. The van der Waals surface area contributed by atoms with E-state index in [4.69, 9.17) is 4.74 Å². The fraction of sp³-hybridized carbons (Fsp3) is 0.933. The van der Waals surface area contributed by atoms with Crippen LogP contribution in [0.1, 0.15) is 60.3 Å². The van der Waals surface area contributed by atoms with E-state index in [-0.39, 0.29) is 18.0 Å². The summed E-state index contributed by atoms with van der Waals surface area (Å²) in [4.78, 5) is 11.9. The lowest BCUT2D eigenvalue weighted by Gasteiger charge is -2.37. The highest BCUT2D eigenvalue weighted by atomic mass is 16.5. The minimum Gasteiger partial charge on any atom is -0.462 e. The molecule has 1 fully saturated rings. The maximum absolute atomic E-state index is 11.9. The van der Waals surface area contributed by atoms with Gasteiger partial charge in [0.2, 0.25) is 0 Å². The van der Waals surface area contributed by atoms with Crippen molar-refractivity contribution in [1.82, 2.24) is 0 Å². The van der Waals surface area contributed by atoms with Crippen LogP contribution in [0.5, 0.6) is 0 Å². The molecule has 0 saturated heterocycles. The van der Waals surface area contributed by atoms with Gasteiger partial charge in [0.05, 0.1) is 5.92 Å². The summed E-state index contributed by atoms with van der Waals surface area (Å²) in [6.45, 7) is 10.7. The topological polar surface area (TPSA) is 26.3 Å². The molecule has 0 aliphatic heterocycles. The fourth-order valence-corrected chi connectivity index (χ4v) is 2.68. The van der Waals surface area contributed by atoms with Crippen molar-refractivity contribution in [2.24, 2.45) is 23.7 Å². The lowest BCUT2D eigenvalue weighted by atomic mass is 9.75. The molecule has 0 unspecified atom stereocenters. The molecule has 0 spiro atoms. The van der Waals surface area contributed by atoms with Gasteiger partial charge >= 0.3 is 5.97 Å². The van der Waals surface area contributed by atoms with Gasteiger partial charge in [-0.05, 0) is 37.0 Å². The van der Waals surface area contributed by atoms with Crippen molar-refractivity contribution in [3.63, 3.8) is 0 Å². The van der Waals surface area contributed by atoms with Crippen molar-refractivity contribution in [1.29, 1.82) is 0 Å². The third kappa shape index (κ3) is 4.01. The first-order chi connectivity index (χ1) is 7.95. The molecule has 1 saturated carbocycles. The van der Waals surface area contributed by atoms with Gasteiger partial charge in [0.1, 0.15) is 6.10 Å². The molecule has 100 valence electrons. The highest BCUT2D eigenvalue weighted by Crippen LogP contribution is 2.35. The minimum atomic E-state index is -0.00255. The van der Waals surface area contributed by atoms with Crippen molar-refractivity contribution >= 4 is 5.97 Å². The van der Waals surface area contributed by atoms with Gasteiger partial charge in [-0.1, -0.05) is 41.0 Å². The lowest BCUT2D eigenvalue weighted by Crippen LogP contribution is -2.37. The molecule has 2 heteroatoms. The van der Waals surface area contributed by atoms with Crippen molar-refractivity contribution in [2.45, 2.75) is 66.4 Å². The third-order valence-corrected chi connectivity index (χ3v) is 4.24. The Morgan fingerprint density at radius 1 is 1.29 bits per heavy atom. The van der Waals surface area contributed by atoms with E-state index in [9.17, 15) is 4.79 Å². The van der Waals surface area contributed by atoms with Crippen LogP contribution in [0, 0.1) is 23.7 Å². The summed E-state index contributed by atoms with van der Waals surface area (Å²) in [5.74, 6) is 1.90. The monoisotopic (exact) mass is 240 g/mol. The second-order valence-electron chi connectivity index (χ2n) is 6.11. The Balaban J connectivity index is 2.60. The van der Waals surface area contributed by atoms with Crippen molar-refractivity contribution < 1.29 is 9.53 Å². The van der Waals surface area contributed by atoms with E-state index in [2.05, 4.69) is 20.8 Å². The summed E-state index contributed by atoms with van der Waals surface area (Å²) in [5.41, 5.74) is 0. The Hall–Kier alpha value is -0.530. The molecule has 0 heterocycles. The lowest BCUT2D eigenvalue weighted by molar-refractivity contribution is -0.160. The fourth-order valence-electron chi connectivity index (χ4n) is 2.68. The van der Waals surface area contributed by atoms with Gasteiger partial charge in [0, 0.05) is 0 Å². The highest BCUT2D eigenvalue weighted by Gasteiger charge is 2.33. The van der Waals surface area contributed by atoms with Crippen LogP contribution in [0.15, 0.2) is 0 Å². The summed E-state index contributed by atoms with van der Waals surface area (Å²) in [5, 5.41) is 0. The molecule has 0 bridgehead atoms. The Morgan fingerprint density at radius 3 is 2.47 bits per heavy atom. The van der Waals surface area contributed by atoms with E-state index < -0.39 is 0 Å². The molecule has 0 aromatic heterocycles. The predicted octanol–water partition coefficient (Wildman–Crippen LogP) is 4.04. The van der Waals surface area contributed by atoms with E-state index in [1.54, 1.807) is 0 Å². The number of carbonyl (C=O) groups excluding carboxylic acids is 1. The maximum Gasteiger partial charge on any atom is 0.308 e. The molecule has 2 nitrogen and oxygen atoms in total. The van der Waals surface area contributed by atoms with Crippen LogP contribution in [0.25, 0.3) is 0 Å². The zero-order valence-electron chi connectivity index (χ0n) is 12.0. The smallest absolute Gasteiger partial charge is 0.308 e. The Bertz CT molecular complexity index is 247. The Morgan fingerprint density at radius 2 is 1.94 bits per heavy atom. The van der Waals surface area contributed by atoms with E-state index >= 15 is 0 Å². The molecule has 0 aromatic rings. The molecule has 17 heavy (non-hydrogen) atoms. The first-order valence-electron chi connectivity index (χ1n) is 7.16. The summed E-state index contributed by atoms with van der Waals surface area (Å²) in [7, 11) is 0. The van der Waals surface area contributed by atoms with Crippen molar-refractivity contribution in [3.8, 4) is 0 Å². The highest BCUT2D eigenvalue weighted by molar-refractivity contribution is 5.72. The normalized spacial score (nSPS) is 31.3. The maximum atomic E-state index is 11.9. The first-order valence-corrected chi connectivity index (χ1v) is 7.16. The summed E-state index contributed by atoms with van der Waals surface area (Å²) < 4.78 is 5.75. The van der Waals surface area contributed by atoms with Crippen LogP contribution >= 0.6 is 0 Å². The number of carbonyl (C=O) groups is 1. The molecule has 1 aliphatic carbocycles. The van der Waals surface area contributed by atoms with Gasteiger partial charge in [-0.25, -0.2) is 0 Å². The largest absolute Gasteiger partial charge is 0.462 e. The van der Waals surface area contributed by atoms with Crippen molar-refractivity contribution in [3.05, 3.63) is 0 Å². The number of hydrogen-bond donors (Lipinski definition) is 0. The summed E-state index contributed by atoms with van der Waals surface area (Å²) in [6.07, 6.45) is 4.55. The average Bonchev–Trinajstić information content (AvgIpc) is 2.27. The second-order valence-corrected chi connectivity index (χ2v) is 6.11. The Kier molecular flexibility index (Phi) is 5.48. The SMILES string of the molecule is CC[C@H](C)C(=O)O[C@@H]1C[C@H](C)CC[C@H]1C(C)C. The van der Waals surface area contributed by atoms with E-state index in [1.807, 2.05) is 13.8 Å². The third-order valence-electron chi connectivity index (χ3n) is 4.24. The van der Waals surface area contributed by atoms with Gasteiger partial charge in [0.25, 0.3) is 0 Å². The van der Waals surface area contributed by atoms with Crippen LogP contribution in [-0.2, 0) is 9.53 Å². The second kappa shape index (κ2) is 6.42. The standard InChI is InChI=1S/C15H28O2/c1-6-12(5)15(16)17-14-9-11(4)7-8-13(14)10(2)3/h10-14H,6-9H2,1-5H3/t11-,12+,13+,14-/m1/s1. The Labute approximate surface area is 106 Å². The van der Waals surface area contributed by atoms with Crippen molar-refractivity contribution in [2.75, 3.05) is 0 Å². The number of rotatable bonds is 4. The van der Waals surface area contributed by atoms with Crippen LogP contribution in [-0.4, -0.2) is 12.1 Å². The van der Waals surface area contributed by atoms with Gasteiger partial charge in [-0.3, -0.25) is 4.79 Å². The molecule has 4 atom stereocenters. The van der Waals surface area contributed by atoms with Gasteiger partial charge in [-0.15, -0.1) is 0 Å².